The Morgan fingerprint density at radius 1 is 0.236 bits per heavy atom. The third kappa shape index (κ3) is 7.85. The third-order valence-electron chi connectivity index (χ3n) is 29.7. The quantitative estimate of drug-likeness (QED) is 0.152. The van der Waals surface area contributed by atoms with Gasteiger partial charge in [-0.2, -0.15) is 0 Å². The summed E-state index contributed by atoms with van der Waals surface area (Å²) in [6.45, 7) is 37.5. The lowest BCUT2D eigenvalue weighted by atomic mass is 9.57. The first kappa shape index (κ1) is 63.5. The van der Waals surface area contributed by atoms with Gasteiger partial charge in [0.2, 0.25) is 0 Å². The van der Waals surface area contributed by atoms with Gasteiger partial charge < -0.3 is 18.3 Å². The highest BCUT2D eigenvalue weighted by atomic mass is 15.0. The summed E-state index contributed by atoms with van der Waals surface area (Å²) in [4.78, 5) is 0. The standard InChI is InChI=1S/C102H90N4/c1-95(2)78-36-23-19-32-67(78)71-53-74-70-35-22-26-39-86(70)106(90(74)56-81(71)95)66-45-48-88-77(52-66)93-89(49-46-80-94(93)99(9,10)100(11,12)97(80,5)6)105(88)65-31-27-28-60(50-65)59-102(15)84-55-76-75-54-72-68-33-20-24-37-79(68)96(3,4)82(72)57-91(75)104(92(76)58-83(84)98(7,8)101(102,13)14)64-43-40-61(41-44-64)62-42-47-87-73(51-62)69-34-21-25-38-85(69)103(87)63-29-17-16-18-30-63/h16-58H,59H2,1-15H3. The summed E-state index contributed by atoms with van der Waals surface area (Å²) in [5.74, 6) is 0. The van der Waals surface area contributed by atoms with Gasteiger partial charge in [-0.25, -0.2) is 0 Å². The van der Waals surface area contributed by atoms with Gasteiger partial charge in [-0.05, 0) is 238 Å². The van der Waals surface area contributed by atoms with Crippen LogP contribution in [-0.4, -0.2) is 18.3 Å². The second kappa shape index (κ2) is 20.8. The highest BCUT2D eigenvalue weighted by Gasteiger charge is 2.60. The second-order valence-corrected chi connectivity index (χ2v) is 36.0. The topological polar surface area (TPSA) is 19.7 Å². The van der Waals surface area contributed by atoms with Crippen molar-refractivity contribution in [3.8, 4) is 56.1 Å². The molecule has 21 rings (SSSR count). The normalized spacial score (nSPS) is 18.6. The molecular formula is C102H90N4. The minimum Gasteiger partial charge on any atom is -0.309 e. The molecule has 4 aromatic heterocycles. The van der Waals surface area contributed by atoms with Crippen molar-refractivity contribution in [3.63, 3.8) is 0 Å². The van der Waals surface area contributed by atoms with Crippen molar-refractivity contribution in [1.29, 1.82) is 0 Å². The fourth-order valence-electron chi connectivity index (χ4n) is 21.8. The van der Waals surface area contributed by atoms with Crippen LogP contribution in [0.4, 0.5) is 0 Å². The van der Waals surface area contributed by atoms with Crippen LogP contribution in [-0.2, 0) is 38.9 Å². The molecule has 4 nitrogen and oxygen atoms in total. The molecule has 0 aliphatic heterocycles. The summed E-state index contributed by atoms with van der Waals surface area (Å²) in [5.41, 5.74) is 34.0. The summed E-state index contributed by atoms with van der Waals surface area (Å²) < 4.78 is 10.2. The molecule has 4 heterocycles. The van der Waals surface area contributed by atoms with Crippen molar-refractivity contribution in [2.45, 2.75) is 143 Å². The van der Waals surface area contributed by atoms with Crippen LogP contribution in [0.2, 0.25) is 0 Å². The number of nitrogens with zero attached hydrogens (tertiary/aromatic N) is 4. The van der Waals surface area contributed by atoms with Gasteiger partial charge in [0.25, 0.3) is 0 Å². The molecule has 17 aromatic rings. The lowest BCUT2D eigenvalue weighted by molar-refractivity contribution is 0.111. The molecule has 0 amide bonds. The van der Waals surface area contributed by atoms with Crippen LogP contribution in [0.5, 0.6) is 0 Å². The van der Waals surface area contributed by atoms with Crippen LogP contribution in [0, 0.1) is 10.8 Å². The van der Waals surface area contributed by atoms with Gasteiger partial charge in [-0.1, -0.05) is 243 Å². The first-order chi connectivity index (χ1) is 50.7. The fourth-order valence-corrected chi connectivity index (χ4v) is 21.8. The van der Waals surface area contributed by atoms with E-state index in [4.69, 9.17) is 0 Å². The maximum atomic E-state index is 2.66. The Morgan fingerprint density at radius 2 is 0.679 bits per heavy atom. The van der Waals surface area contributed by atoms with E-state index in [0.717, 1.165) is 6.42 Å². The average Bonchev–Trinajstić information content (AvgIpc) is 1.51. The molecule has 0 saturated carbocycles. The van der Waals surface area contributed by atoms with Crippen LogP contribution in [0.25, 0.3) is 143 Å². The first-order valence-corrected chi connectivity index (χ1v) is 38.6. The molecule has 0 radical (unpaired) electrons. The van der Waals surface area contributed by atoms with Crippen LogP contribution in [0.3, 0.4) is 0 Å². The van der Waals surface area contributed by atoms with Crippen LogP contribution >= 0.6 is 0 Å². The molecular weight excluding hydrogens is 1280 g/mol. The van der Waals surface area contributed by atoms with Crippen LogP contribution < -0.4 is 0 Å². The number of hydrogen-bond acceptors (Lipinski definition) is 0. The Morgan fingerprint density at radius 3 is 1.32 bits per heavy atom. The molecule has 4 aliphatic rings. The number of para-hydroxylation sites is 3. The van der Waals surface area contributed by atoms with E-state index in [0.29, 0.717) is 0 Å². The van der Waals surface area contributed by atoms with Gasteiger partial charge in [0.15, 0.2) is 0 Å². The Kier molecular flexibility index (Phi) is 12.4. The first-order valence-electron chi connectivity index (χ1n) is 38.6. The van der Waals surface area contributed by atoms with Crippen molar-refractivity contribution >= 4 is 87.2 Å². The van der Waals surface area contributed by atoms with Crippen molar-refractivity contribution < 1.29 is 0 Å². The van der Waals surface area contributed by atoms with Gasteiger partial charge in [0.1, 0.15) is 0 Å². The molecule has 4 heteroatoms. The van der Waals surface area contributed by atoms with Gasteiger partial charge in [0, 0.05) is 82.1 Å². The van der Waals surface area contributed by atoms with E-state index in [2.05, 4.69) is 383 Å². The number of aromatic nitrogens is 4. The van der Waals surface area contributed by atoms with Gasteiger partial charge in [-0.15, -0.1) is 0 Å². The van der Waals surface area contributed by atoms with E-state index < -0.39 is 0 Å². The summed E-state index contributed by atoms with van der Waals surface area (Å²) in [6, 6.07) is 101. The molecule has 0 fully saturated rings. The zero-order valence-corrected chi connectivity index (χ0v) is 63.8. The van der Waals surface area contributed by atoms with Crippen molar-refractivity contribution in [2.75, 3.05) is 0 Å². The smallest absolute Gasteiger partial charge is 0.0544 e. The SMILES string of the molecule is CC1(C)c2ccccc2-c2cc3c4ccccc4n(-c4ccc5c(c4)c4c6c(ccc4n5-c4cccc(CC5(C)c7cc8c9cc%10c(cc9n(-c9ccc(-c%11ccc%12c(c%11)c%11ccccc%11n%12-c%11ccccc%11)cc9)c8cc7C(C)(C)C5(C)C)C(C)(C)c5ccccc5-%10)c4)C(C)(C)C(C)(C)C6(C)C)c3cc21. The van der Waals surface area contributed by atoms with Crippen molar-refractivity contribution in [3.05, 3.63) is 311 Å². The van der Waals surface area contributed by atoms with E-state index in [1.807, 2.05) is 0 Å². The third-order valence-corrected chi connectivity index (χ3v) is 29.7. The van der Waals surface area contributed by atoms with E-state index >= 15 is 0 Å². The molecule has 1 atom stereocenters. The molecule has 0 bridgehead atoms. The second-order valence-electron chi connectivity index (χ2n) is 36.0. The highest BCUT2D eigenvalue weighted by Crippen LogP contribution is 2.66. The fraction of sp³-hybridized carbons (Fsp3) is 0.235. The highest BCUT2D eigenvalue weighted by molar-refractivity contribution is 6.17. The largest absolute Gasteiger partial charge is 0.309 e. The molecule has 0 N–H and O–H groups in total. The van der Waals surface area contributed by atoms with E-state index in [-0.39, 0.29) is 43.3 Å². The molecule has 106 heavy (non-hydrogen) atoms. The molecule has 0 spiro atoms. The van der Waals surface area contributed by atoms with E-state index in [9.17, 15) is 0 Å². The molecule has 13 aromatic carbocycles. The molecule has 1 unspecified atom stereocenters. The number of benzene rings is 13. The lowest BCUT2D eigenvalue weighted by Crippen LogP contribution is -2.45. The number of fused-ring (bicyclic) bond motifs is 21. The maximum Gasteiger partial charge on any atom is 0.0544 e. The van der Waals surface area contributed by atoms with Gasteiger partial charge in [0.05, 0.1) is 44.1 Å². The van der Waals surface area contributed by atoms with Crippen molar-refractivity contribution in [2.24, 2.45) is 10.8 Å². The van der Waals surface area contributed by atoms with Crippen LogP contribution in [0.1, 0.15) is 154 Å². The molecule has 4 aliphatic carbocycles. The Balaban J connectivity index is 0.721. The number of rotatable bonds is 7. The zero-order chi connectivity index (χ0) is 72.6. The monoisotopic (exact) mass is 1370 g/mol. The molecule has 518 valence electrons. The predicted molar refractivity (Wildman–Crippen MR) is 449 cm³/mol. The van der Waals surface area contributed by atoms with Gasteiger partial charge in [-0.3, -0.25) is 0 Å². The summed E-state index contributed by atoms with van der Waals surface area (Å²) in [5, 5.41) is 10.4. The Bertz CT molecular complexity index is 6750. The summed E-state index contributed by atoms with van der Waals surface area (Å²) >= 11 is 0. The Labute approximate surface area is 622 Å². The van der Waals surface area contributed by atoms with E-state index in [1.54, 1.807) is 0 Å². The van der Waals surface area contributed by atoms with Crippen molar-refractivity contribution in [1.82, 2.24) is 18.3 Å². The van der Waals surface area contributed by atoms with Crippen LogP contribution in [0.15, 0.2) is 261 Å². The van der Waals surface area contributed by atoms with Gasteiger partial charge >= 0.3 is 0 Å². The minimum absolute atomic E-state index is 0.0344. The average molecular weight is 1370 g/mol. The Hall–Kier alpha value is -10.9. The lowest BCUT2D eigenvalue weighted by Gasteiger charge is -2.47. The minimum atomic E-state index is -0.271. The number of hydrogen-bond donors (Lipinski definition) is 0. The maximum absolute atomic E-state index is 2.66. The predicted octanol–water partition coefficient (Wildman–Crippen LogP) is 26.8. The van der Waals surface area contributed by atoms with E-state index in [1.165, 1.54) is 193 Å². The molecule has 0 saturated heterocycles. The summed E-state index contributed by atoms with van der Waals surface area (Å²) in [7, 11) is 0. The zero-order valence-electron chi connectivity index (χ0n) is 63.8. The summed E-state index contributed by atoms with van der Waals surface area (Å²) in [6.07, 6.45) is 0.872.